The lowest BCUT2D eigenvalue weighted by Crippen LogP contribution is -2.21. The summed E-state index contributed by atoms with van der Waals surface area (Å²) in [4.78, 5) is 23.3. The molecule has 0 saturated heterocycles. The Morgan fingerprint density at radius 2 is 1.96 bits per heavy atom. The van der Waals surface area contributed by atoms with Gasteiger partial charge in [-0.05, 0) is 59.6 Å². The number of rotatable bonds is 8. The first-order chi connectivity index (χ1) is 12.5. The van der Waals surface area contributed by atoms with Crippen LogP contribution < -0.4 is 19.5 Å². The van der Waals surface area contributed by atoms with Crippen molar-refractivity contribution >= 4 is 33.8 Å². The zero-order valence-corrected chi connectivity index (χ0v) is 16.4. The number of hydrogen-bond donors (Lipinski definition) is 1. The van der Waals surface area contributed by atoms with E-state index in [9.17, 15) is 9.59 Å². The Bertz CT molecular complexity index is 807. The molecule has 2 aromatic rings. The lowest BCUT2D eigenvalue weighted by atomic mass is 10.2. The van der Waals surface area contributed by atoms with Gasteiger partial charge >= 0.3 is 0 Å². The van der Waals surface area contributed by atoms with Gasteiger partial charge in [0.25, 0.3) is 5.91 Å². The number of carbonyl (C=O) groups excluding carboxylic acids is 2. The minimum atomic E-state index is -0.345. The summed E-state index contributed by atoms with van der Waals surface area (Å²) in [5, 5.41) is 2.76. The molecule has 1 N–H and O–H groups in total. The normalized spacial score (nSPS) is 10.2. The molecule has 0 saturated carbocycles. The summed E-state index contributed by atoms with van der Waals surface area (Å²) >= 11 is 3.34. The SMILES string of the molecule is CCOc1cc(C=O)cc(Br)c1OCC(=O)Nc1cc(C)ccc1OC. The number of ether oxygens (including phenoxy) is 3. The van der Waals surface area contributed by atoms with E-state index >= 15 is 0 Å². The predicted molar refractivity (Wildman–Crippen MR) is 103 cm³/mol. The van der Waals surface area contributed by atoms with E-state index in [2.05, 4.69) is 21.2 Å². The van der Waals surface area contributed by atoms with E-state index in [0.29, 0.717) is 45.9 Å². The topological polar surface area (TPSA) is 73.9 Å². The van der Waals surface area contributed by atoms with Gasteiger partial charge in [-0.2, -0.15) is 0 Å². The Labute approximate surface area is 160 Å². The van der Waals surface area contributed by atoms with Crippen LogP contribution in [0.1, 0.15) is 22.8 Å². The van der Waals surface area contributed by atoms with Crippen LogP contribution in [0.3, 0.4) is 0 Å². The van der Waals surface area contributed by atoms with E-state index in [0.717, 1.165) is 5.56 Å². The Balaban J connectivity index is 2.12. The van der Waals surface area contributed by atoms with Crippen LogP contribution in [0.2, 0.25) is 0 Å². The number of aryl methyl sites for hydroxylation is 1. The zero-order valence-electron chi connectivity index (χ0n) is 14.8. The first-order valence-electron chi connectivity index (χ1n) is 7.97. The van der Waals surface area contributed by atoms with E-state index in [4.69, 9.17) is 14.2 Å². The highest BCUT2D eigenvalue weighted by Gasteiger charge is 2.15. The van der Waals surface area contributed by atoms with Crippen molar-refractivity contribution in [2.75, 3.05) is 25.6 Å². The maximum absolute atomic E-state index is 12.3. The third kappa shape index (κ3) is 4.98. The van der Waals surface area contributed by atoms with Gasteiger partial charge < -0.3 is 19.5 Å². The number of anilines is 1. The van der Waals surface area contributed by atoms with Gasteiger partial charge in [0.1, 0.15) is 12.0 Å². The molecule has 0 aromatic heterocycles. The fourth-order valence-electron chi connectivity index (χ4n) is 2.30. The van der Waals surface area contributed by atoms with E-state index in [-0.39, 0.29) is 12.5 Å². The van der Waals surface area contributed by atoms with Crippen molar-refractivity contribution in [1.29, 1.82) is 0 Å². The second-order valence-electron chi connectivity index (χ2n) is 5.42. The van der Waals surface area contributed by atoms with Crippen LogP contribution in [0.25, 0.3) is 0 Å². The fraction of sp³-hybridized carbons (Fsp3) is 0.263. The summed E-state index contributed by atoms with van der Waals surface area (Å²) in [6.45, 7) is 3.92. The van der Waals surface area contributed by atoms with Crippen molar-refractivity contribution in [3.8, 4) is 17.2 Å². The van der Waals surface area contributed by atoms with Gasteiger partial charge in [0, 0.05) is 5.56 Å². The summed E-state index contributed by atoms with van der Waals surface area (Å²) < 4.78 is 16.9. The number of halogens is 1. The molecule has 0 fully saturated rings. The van der Waals surface area contributed by atoms with Crippen molar-refractivity contribution < 1.29 is 23.8 Å². The molecule has 2 rings (SSSR count). The molecular weight excluding hydrogens is 402 g/mol. The van der Waals surface area contributed by atoms with Gasteiger partial charge in [-0.3, -0.25) is 9.59 Å². The highest BCUT2D eigenvalue weighted by atomic mass is 79.9. The minimum Gasteiger partial charge on any atom is -0.495 e. The largest absolute Gasteiger partial charge is 0.495 e. The molecular formula is C19H20BrNO5. The van der Waals surface area contributed by atoms with Gasteiger partial charge in [0.15, 0.2) is 18.1 Å². The molecule has 0 aliphatic rings. The van der Waals surface area contributed by atoms with Crippen LogP contribution >= 0.6 is 15.9 Å². The standard InChI is InChI=1S/C19H20BrNO5/c1-4-25-17-9-13(10-22)8-14(20)19(17)26-11-18(23)21-15-7-12(2)5-6-16(15)24-3/h5-10H,4,11H2,1-3H3,(H,21,23). The fourth-order valence-corrected chi connectivity index (χ4v) is 2.88. The molecule has 6 nitrogen and oxygen atoms in total. The maximum atomic E-state index is 12.3. The third-order valence-electron chi connectivity index (χ3n) is 3.44. The zero-order chi connectivity index (χ0) is 19.1. The predicted octanol–water partition coefficient (Wildman–Crippen LogP) is 3.99. The molecule has 1 amide bonds. The molecule has 2 aromatic carbocycles. The van der Waals surface area contributed by atoms with E-state index in [1.165, 1.54) is 7.11 Å². The van der Waals surface area contributed by atoms with Crippen LogP contribution in [0, 0.1) is 6.92 Å². The first-order valence-corrected chi connectivity index (χ1v) is 8.76. The number of hydrogen-bond acceptors (Lipinski definition) is 5. The van der Waals surface area contributed by atoms with Gasteiger partial charge in [-0.15, -0.1) is 0 Å². The molecule has 0 spiro atoms. The molecule has 0 radical (unpaired) electrons. The number of methoxy groups -OCH3 is 1. The second kappa shape index (κ2) is 9.24. The van der Waals surface area contributed by atoms with Crippen molar-refractivity contribution in [2.45, 2.75) is 13.8 Å². The number of carbonyl (C=O) groups is 2. The van der Waals surface area contributed by atoms with Crippen LogP contribution in [0.15, 0.2) is 34.8 Å². The molecule has 138 valence electrons. The lowest BCUT2D eigenvalue weighted by Gasteiger charge is -2.15. The Morgan fingerprint density at radius 3 is 2.62 bits per heavy atom. The Hall–Kier alpha value is -2.54. The average Bonchev–Trinajstić information content (AvgIpc) is 2.61. The van der Waals surface area contributed by atoms with Crippen molar-refractivity contribution in [2.24, 2.45) is 0 Å². The van der Waals surface area contributed by atoms with E-state index in [1.54, 1.807) is 18.2 Å². The number of nitrogens with one attached hydrogen (secondary N) is 1. The molecule has 26 heavy (non-hydrogen) atoms. The molecule has 0 aliphatic heterocycles. The van der Waals surface area contributed by atoms with Gasteiger partial charge in [-0.1, -0.05) is 6.07 Å². The highest BCUT2D eigenvalue weighted by Crippen LogP contribution is 2.36. The maximum Gasteiger partial charge on any atom is 0.262 e. The van der Waals surface area contributed by atoms with E-state index in [1.807, 2.05) is 26.0 Å². The lowest BCUT2D eigenvalue weighted by molar-refractivity contribution is -0.118. The average molecular weight is 422 g/mol. The first kappa shape index (κ1) is 19.8. The van der Waals surface area contributed by atoms with Crippen LogP contribution in [-0.2, 0) is 4.79 Å². The monoisotopic (exact) mass is 421 g/mol. The molecule has 0 heterocycles. The minimum absolute atomic E-state index is 0.226. The van der Waals surface area contributed by atoms with Crippen LogP contribution in [0.4, 0.5) is 5.69 Å². The van der Waals surface area contributed by atoms with Gasteiger partial charge in [0.2, 0.25) is 0 Å². The number of benzene rings is 2. The number of aldehydes is 1. The molecule has 0 bridgehead atoms. The Morgan fingerprint density at radius 1 is 1.19 bits per heavy atom. The molecule has 0 unspecified atom stereocenters. The van der Waals surface area contributed by atoms with E-state index < -0.39 is 0 Å². The molecule has 0 atom stereocenters. The summed E-state index contributed by atoms with van der Waals surface area (Å²) in [5.74, 6) is 0.979. The summed E-state index contributed by atoms with van der Waals surface area (Å²) in [7, 11) is 1.54. The summed E-state index contributed by atoms with van der Waals surface area (Å²) in [6, 6.07) is 8.67. The molecule has 0 aliphatic carbocycles. The third-order valence-corrected chi connectivity index (χ3v) is 4.03. The van der Waals surface area contributed by atoms with Crippen LogP contribution in [-0.4, -0.2) is 32.5 Å². The summed E-state index contributed by atoms with van der Waals surface area (Å²) in [6.07, 6.45) is 0.716. The second-order valence-corrected chi connectivity index (χ2v) is 6.28. The summed E-state index contributed by atoms with van der Waals surface area (Å²) in [5.41, 5.74) is 2.01. The quantitative estimate of drug-likeness (QED) is 0.652. The van der Waals surface area contributed by atoms with Crippen molar-refractivity contribution in [3.05, 3.63) is 45.9 Å². The van der Waals surface area contributed by atoms with Crippen molar-refractivity contribution in [1.82, 2.24) is 0 Å². The van der Waals surface area contributed by atoms with Crippen molar-refractivity contribution in [3.63, 3.8) is 0 Å². The highest BCUT2D eigenvalue weighted by molar-refractivity contribution is 9.10. The Kier molecular flexibility index (Phi) is 7.03. The van der Waals surface area contributed by atoms with Crippen LogP contribution in [0.5, 0.6) is 17.2 Å². The molecule has 7 heteroatoms. The smallest absolute Gasteiger partial charge is 0.262 e. The van der Waals surface area contributed by atoms with Gasteiger partial charge in [0.05, 0.1) is 23.9 Å². The number of amides is 1. The van der Waals surface area contributed by atoms with Gasteiger partial charge in [-0.25, -0.2) is 0 Å².